The molecule has 0 unspecified atom stereocenters. The van der Waals surface area contributed by atoms with Crippen LogP contribution in [0.2, 0.25) is 0 Å². The molecule has 3 aromatic rings. The van der Waals surface area contributed by atoms with Crippen LogP contribution < -0.4 is 14.8 Å². The van der Waals surface area contributed by atoms with Crippen molar-refractivity contribution < 1.29 is 19.1 Å². The van der Waals surface area contributed by atoms with Crippen molar-refractivity contribution in [3.8, 4) is 11.5 Å². The van der Waals surface area contributed by atoms with Crippen LogP contribution in [0.1, 0.15) is 42.5 Å². The van der Waals surface area contributed by atoms with Crippen molar-refractivity contribution in [1.82, 2.24) is 5.01 Å². The zero-order valence-corrected chi connectivity index (χ0v) is 22.9. The van der Waals surface area contributed by atoms with E-state index < -0.39 is 5.25 Å². The van der Waals surface area contributed by atoms with Gasteiger partial charge in [-0.1, -0.05) is 41.6 Å². The summed E-state index contributed by atoms with van der Waals surface area (Å²) in [4.78, 5) is 29.9. The van der Waals surface area contributed by atoms with Crippen LogP contribution in [0.15, 0.2) is 82.9 Å². The molecule has 2 aliphatic rings. The molecule has 39 heavy (non-hydrogen) atoms. The maximum absolute atomic E-state index is 12.9. The molecule has 0 aliphatic carbocycles. The van der Waals surface area contributed by atoms with Crippen molar-refractivity contribution in [3.63, 3.8) is 0 Å². The van der Waals surface area contributed by atoms with Crippen molar-refractivity contribution in [1.29, 1.82) is 0 Å². The number of ether oxygens (including phenoxy) is 2. The van der Waals surface area contributed by atoms with Gasteiger partial charge in [-0.25, -0.2) is 5.01 Å². The number of benzene rings is 3. The van der Waals surface area contributed by atoms with Gasteiger partial charge in [0.05, 0.1) is 25.5 Å². The monoisotopic (exact) mass is 542 g/mol. The van der Waals surface area contributed by atoms with Crippen LogP contribution in [-0.4, -0.2) is 46.7 Å². The van der Waals surface area contributed by atoms with E-state index in [4.69, 9.17) is 14.6 Å². The molecule has 3 aromatic carbocycles. The Morgan fingerprint density at radius 2 is 1.72 bits per heavy atom. The Morgan fingerprint density at radius 1 is 1.03 bits per heavy atom. The number of nitrogens with zero attached hydrogens (tertiary/aromatic N) is 3. The first kappa shape index (κ1) is 26.5. The molecule has 9 heteroatoms. The molecule has 0 fully saturated rings. The number of hydrazone groups is 1. The lowest BCUT2D eigenvalue weighted by atomic mass is 9.98. The maximum Gasteiger partial charge on any atom is 0.262 e. The molecule has 2 heterocycles. The quantitative estimate of drug-likeness (QED) is 0.400. The summed E-state index contributed by atoms with van der Waals surface area (Å²) < 4.78 is 10.7. The van der Waals surface area contributed by atoms with E-state index in [0.29, 0.717) is 23.9 Å². The van der Waals surface area contributed by atoms with E-state index in [-0.39, 0.29) is 24.3 Å². The third-order valence-corrected chi connectivity index (χ3v) is 7.68. The predicted octanol–water partition coefficient (Wildman–Crippen LogP) is 5.58. The molecular formula is C30H30N4O4S. The number of thioether (sulfide) groups is 1. The van der Waals surface area contributed by atoms with Gasteiger partial charge in [0.15, 0.2) is 5.17 Å². The Kier molecular flexibility index (Phi) is 7.97. The second kappa shape index (κ2) is 11.7. The summed E-state index contributed by atoms with van der Waals surface area (Å²) in [7, 11) is 1.64. The number of aryl methyl sites for hydroxylation is 1. The average Bonchev–Trinajstić information content (AvgIpc) is 3.54. The molecule has 0 bridgehead atoms. The van der Waals surface area contributed by atoms with Crippen LogP contribution in [0, 0.1) is 6.92 Å². The van der Waals surface area contributed by atoms with Crippen LogP contribution in [0.3, 0.4) is 0 Å². The molecule has 1 N–H and O–H groups in total. The molecular weight excluding hydrogens is 512 g/mol. The van der Waals surface area contributed by atoms with Gasteiger partial charge < -0.3 is 14.8 Å². The minimum atomic E-state index is -0.610. The standard InChI is InChI=1S/C30H30N4O4S/c1-4-38-24-15-11-22(12-16-24)31-28(35)18-27-29(36)32-30(39-27)34-26(21-7-5-19(2)6-8-21)17-25(33-34)20-9-13-23(37-3)14-10-20/h5-16,26-27H,4,17-18H2,1-3H3,(H,31,35)/t26-,27+/m0/s1. The number of carbonyl (C=O) groups is 2. The predicted molar refractivity (Wildman–Crippen MR) is 155 cm³/mol. The highest BCUT2D eigenvalue weighted by Crippen LogP contribution is 2.39. The van der Waals surface area contributed by atoms with Gasteiger partial charge in [-0.3, -0.25) is 9.59 Å². The SMILES string of the molecule is CCOc1ccc(NC(=O)C[C@H]2SC(N3N=C(c4ccc(OC)cc4)C[C@H]3c3ccc(C)cc3)=NC2=O)cc1. The van der Waals surface area contributed by atoms with E-state index in [2.05, 4.69) is 34.6 Å². The lowest BCUT2D eigenvalue weighted by molar-refractivity contribution is -0.121. The van der Waals surface area contributed by atoms with Crippen molar-refractivity contribution in [2.24, 2.45) is 10.1 Å². The summed E-state index contributed by atoms with van der Waals surface area (Å²) in [5, 5.41) is 9.49. The fraction of sp³-hybridized carbons (Fsp3) is 0.267. The topological polar surface area (TPSA) is 92.6 Å². The second-order valence-corrected chi connectivity index (χ2v) is 10.5. The number of hydrogen-bond donors (Lipinski definition) is 1. The summed E-state index contributed by atoms with van der Waals surface area (Å²) in [6.07, 6.45) is 0.674. The van der Waals surface area contributed by atoms with Crippen molar-refractivity contribution in [2.45, 2.75) is 38.0 Å². The molecule has 0 radical (unpaired) electrons. The number of amides is 2. The van der Waals surface area contributed by atoms with Crippen LogP contribution >= 0.6 is 11.8 Å². The van der Waals surface area contributed by atoms with Crippen LogP contribution in [0.5, 0.6) is 11.5 Å². The first-order chi connectivity index (χ1) is 18.9. The highest BCUT2D eigenvalue weighted by molar-refractivity contribution is 8.15. The zero-order chi connectivity index (χ0) is 27.4. The minimum absolute atomic E-state index is 0.0157. The van der Waals surface area contributed by atoms with Crippen LogP contribution in [-0.2, 0) is 9.59 Å². The summed E-state index contributed by atoms with van der Waals surface area (Å²) in [6, 6.07) is 23.1. The third kappa shape index (κ3) is 6.15. The number of nitrogens with one attached hydrogen (secondary N) is 1. The Hall–Kier alpha value is -4.11. The van der Waals surface area contributed by atoms with E-state index in [1.807, 2.05) is 43.1 Å². The highest BCUT2D eigenvalue weighted by Gasteiger charge is 2.39. The van der Waals surface area contributed by atoms with Gasteiger partial charge in [-0.2, -0.15) is 10.1 Å². The number of anilines is 1. The largest absolute Gasteiger partial charge is 0.497 e. The second-order valence-electron chi connectivity index (χ2n) is 9.30. The number of methoxy groups -OCH3 is 1. The van der Waals surface area contributed by atoms with Gasteiger partial charge in [-0.05, 0) is 73.5 Å². The van der Waals surface area contributed by atoms with E-state index in [1.165, 1.54) is 17.3 Å². The summed E-state index contributed by atoms with van der Waals surface area (Å²) in [5.74, 6) is 0.934. The number of rotatable bonds is 8. The lowest BCUT2D eigenvalue weighted by Gasteiger charge is -2.23. The van der Waals surface area contributed by atoms with E-state index in [9.17, 15) is 9.59 Å². The number of hydrogen-bond acceptors (Lipinski definition) is 7. The first-order valence-electron chi connectivity index (χ1n) is 12.8. The number of carbonyl (C=O) groups excluding carboxylic acids is 2. The molecule has 2 atom stereocenters. The molecule has 200 valence electrons. The van der Waals surface area contributed by atoms with Gasteiger partial charge >= 0.3 is 0 Å². The van der Waals surface area contributed by atoms with E-state index in [0.717, 1.165) is 28.3 Å². The smallest absolute Gasteiger partial charge is 0.262 e. The van der Waals surface area contributed by atoms with Crippen molar-refractivity contribution in [2.75, 3.05) is 19.0 Å². The molecule has 5 rings (SSSR count). The summed E-state index contributed by atoms with van der Waals surface area (Å²) in [5.41, 5.74) is 4.78. The molecule has 8 nitrogen and oxygen atoms in total. The Labute approximate surface area is 232 Å². The van der Waals surface area contributed by atoms with Gasteiger partial charge in [0.1, 0.15) is 16.7 Å². The van der Waals surface area contributed by atoms with E-state index >= 15 is 0 Å². The first-order valence-corrected chi connectivity index (χ1v) is 13.7. The fourth-order valence-electron chi connectivity index (χ4n) is 4.48. The Balaban J connectivity index is 1.31. The molecule has 0 aromatic heterocycles. The number of aliphatic imine (C=N–C) groups is 1. The summed E-state index contributed by atoms with van der Waals surface area (Å²) >= 11 is 1.29. The van der Waals surface area contributed by atoms with Gasteiger partial charge in [0.2, 0.25) is 5.91 Å². The molecule has 0 saturated carbocycles. The highest BCUT2D eigenvalue weighted by atomic mass is 32.2. The maximum atomic E-state index is 12.9. The summed E-state index contributed by atoms with van der Waals surface area (Å²) in [6.45, 7) is 4.54. The number of amidine groups is 1. The van der Waals surface area contributed by atoms with E-state index in [1.54, 1.807) is 31.4 Å². The fourth-order valence-corrected chi connectivity index (χ4v) is 5.54. The Morgan fingerprint density at radius 3 is 2.38 bits per heavy atom. The zero-order valence-electron chi connectivity index (χ0n) is 22.1. The normalized spacial score (nSPS) is 18.5. The van der Waals surface area contributed by atoms with Gasteiger partial charge in [-0.15, -0.1) is 0 Å². The van der Waals surface area contributed by atoms with Crippen molar-refractivity contribution >= 4 is 40.1 Å². The van der Waals surface area contributed by atoms with Gasteiger partial charge in [0, 0.05) is 18.5 Å². The lowest BCUT2D eigenvalue weighted by Crippen LogP contribution is -2.25. The Bertz CT molecular complexity index is 1400. The average molecular weight is 543 g/mol. The van der Waals surface area contributed by atoms with Gasteiger partial charge in [0.25, 0.3) is 5.91 Å². The van der Waals surface area contributed by atoms with Crippen LogP contribution in [0.4, 0.5) is 5.69 Å². The third-order valence-electron chi connectivity index (χ3n) is 6.54. The molecule has 2 aliphatic heterocycles. The molecule has 0 saturated heterocycles. The minimum Gasteiger partial charge on any atom is -0.497 e. The molecule has 2 amide bonds. The molecule has 0 spiro atoms. The van der Waals surface area contributed by atoms with Crippen LogP contribution in [0.25, 0.3) is 0 Å². The van der Waals surface area contributed by atoms with Crippen molar-refractivity contribution in [3.05, 3.63) is 89.5 Å².